The van der Waals surface area contributed by atoms with Crippen LogP contribution in [0.1, 0.15) is 28.5 Å². The number of carbonyl (C=O) groups is 2. The molecule has 2 amide bonds. The lowest BCUT2D eigenvalue weighted by Crippen LogP contribution is -2.55. The van der Waals surface area contributed by atoms with Crippen molar-refractivity contribution in [3.63, 3.8) is 0 Å². The number of carbonyl (C=O) groups excluding carboxylic acids is 2. The first-order valence-corrected chi connectivity index (χ1v) is 12.7. The van der Waals surface area contributed by atoms with Crippen molar-refractivity contribution < 1.29 is 9.59 Å². The molecular weight excluding hydrogens is 468 g/mol. The first kappa shape index (κ1) is 23.2. The van der Waals surface area contributed by atoms with Crippen molar-refractivity contribution in [1.82, 2.24) is 34.1 Å². The summed E-state index contributed by atoms with van der Waals surface area (Å²) < 4.78 is 3.45. The zero-order chi connectivity index (χ0) is 25.5. The first-order chi connectivity index (χ1) is 18.0. The van der Waals surface area contributed by atoms with Gasteiger partial charge in [-0.05, 0) is 48.7 Å². The second kappa shape index (κ2) is 9.34. The Morgan fingerprint density at radius 3 is 2.73 bits per heavy atom. The van der Waals surface area contributed by atoms with Gasteiger partial charge in [0.1, 0.15) is 17.8 Å². The highest BCUT2D eigenvalue weighted by atomic mass is 16.2. The molecule has 1 fully saturated rings. The largest absolute Gasteiger partial charge is 0.367 e. The lowest BCUT2D eigenvalue weighted by Gasteiger charge is -2.42. The maximum Gasteiger partial charge on any atom is 0.272 e. The van der Waals surface area contributed by atoms with Crippen molar-refractivity contribution in [3.05, 3.63) is 71.9 Å². The monoisotopic (exact) mass is 498 g/mol. The maximum atomic E-state index is 13.2. The molecule has 190 valence electrons. The number of rotatable bonds is 4. The van der Waals surface area contributed by atoms with Crippen LogP contribution in [-0.4, -0.2) is 78.2 Å². The number of aromatic nitrogens is 5. The number of aryl methyl sites for hydroxylation is 1. The van der Waals surface area contributed by atoms with Gasteiger partial charge in [-0.3, -0.25) is 14.3 Å². The van der Waals surface area contributed by atoms with Gasteiger partial charge in [-0.2, -0.15) is 5.10 Å². The smallest absolute Gasteiger partial charge is 0.272 e. The van der Waals surface area contributed by atoms with Crippen LogP contribution in [0.2, 0.25) is 0 Å². The fraction of sp³-hybridized carbons (Fsp3) is 0.370. The summed E-state index contributed by atoms with van der Waals surface area (Å²) >= 11 is 0. The molecule has 0 radical (unpaired) electrons. The molecule has 0 spiro atoms. The average Bonchev–Trinajstić information content (AvgIpc) is 3.53. The lowest BCUT2D eigenvalue weighted by atomic mass is 9.96. The molecule has 10 nitrogen and oxygen atoms in total. The Kier molecular flexibility index (Phi) is 5.86. The van der Waals surface area contributed by atoms with Crippen molar-refractivity contribution in [1.29, 1.82) is 0 Å². The molecule has 0 saturated carbocycles. The van der Waals surface area contributed by atoms with Crippen LogP contribution in [-0.2, 0) is 31.4 Å². The highest BCUT2D eigenvalue weighted by Crippen LogP contribution is 2.31. The molecule has 4 aromatic rings. The maximum absolute atomic E-state index is 13.2. The minimum Gasteiger partial charge on any atom is -0.367 e. The van der Waals surface area contributed by atoms with Crippen molar-refractivity contribution >= 4 is 28.7 Å². The highest BCUT2D eigenvalue weighted by Gasteiger charge is 2.31. The van der Waals surface area contributed by atoms with Crippen molar-refractivity contribution in [2.24, 2.45) is 7.05 Å². The fourth-order valence-electron chi connectivity index (χ4n) is 5.57. The molecule has 0 aliphatic carbocycles. The zero-order valence-electron chi connectivity index (χ0n) is 21.1. The number of hydrogen-bond acceptors (Lipinski definition) is 6. The predicted molar refractivity (Wildman–Crippen MR) is 139 cm³/mol. The molecule has 5 heterocycles. The van der Waals surface area contributed by atoms with Gasteiger partial charge < -0.3 is 19.3 Å². The number of hydrogen-bond donors (Lipinski definition) is 0. The summed E-state index contributed by atoms with van der Waals surface area (Å²) in [6.07, 6.45) is 5.89. The summed E-state index contributed by atoms with van der Waals surface area (Å²) in [7, 11) is 1.80. The number of benzene rings is 1. The third-order valence-corrected chi connectivity index (χ3v) is 7.54. The molecular formula is C27H30N8O2. The number of piperazine rings is 1. The van der Waals surface area contributed by atoms with Crippen LogP contribution in [0.25, 0.3) is 11.2 Å². The third kappa shape index (κ3) is 4.22. The molecule has 1 unspecified atom stereocenters. The second-order valence-electron chi connectivity index (χ2n) is 9.83. The van der Waals surface area contributed by atoms with Crippen LogP contribution in [0.4, 0.5) is 5.69 Å². The molecule has 1 aromatic carbocycles. The van der Waals surface area contributed by atoms with Crippen molar-refractivity contribution in [2.75, 3.05) is 31.1 Å². The molecule has 1 atom stereocenters. The SMILES string of the molecule is CC1CN(c2cccc3c2CN(C(=O)c2ccnn2C)CC3)CCN1C(=O)Cn1cnc2cccnc21. The number of anilines is 1. The number of fused-ring (bicyclic) bond motifs is 2. The first-order valence-electron chi connectivity index (χ1n) is 12.7. The van der Waals surface area contributed by atoms with E-state index in [1.165, 1.54) is 11.1 Å². The van der Waals surface area contributed by atoms with Gasteiger partial charge in [-0.25, -0.2) is 9.97 Å². The molecule has 6 rings (SSSR count). The van der Waals surface area contributed by atoms with E-state index in [1.54, 1.807) is 36.5 Å². The van der Waals surface area contributed by atoms with E-state index in [2.05, 4.69) is 45.1 Å². The molecule has 37 heavy (non-hydrogen) atoms. The molecule has 3 aromatic heterocycles. The van der Waals surface area contributed by atoms with Crippen LogP contribution in [0.3, 0.4) is 0 Å². The molecule has 1 saturated heterocycles. The van der Waals surface area contributed by atoms with E-state index in [1.807, 2.05) is 26.5 Å². The van der Waals surface area contributed by atoms with Gasteiger partial charge in [-0.1, -0.05) is 12.1 Å². The van der Waals surface area contributed by atoms with E-state index in [-0.39, 0.29) is 24.4 Å². The van der Waals surface area contributed by atoms with E-state index < -0.39 is 0 Å². The van der Waals surface area contributed by atoms with Crippen molar-refractivity contribution in [2.45, 2.75) is 32.5 Å². The molecule has 0 N–H and O–H groups in total. The van der Waals surface area contributed by atoms with Gasteiger partial charge >= 0.3 is 0 Å². The van der Waals surface area contributed by atoms with Crippen LogP contribution >= 0.6 is 0 Å². The summed E-state index contributed by atoms with van der Waals surface area (Å²) in [4.78, 5) is 41.4. The molecule has 0 bridgehead atoms. The van der Waals surface area contributed by atoms with Gasteiger partial charge in [0.05, 0.1) is 6.33 Å². The van der Waals surface area contributed by atoms with Crippen LogP contribution in [0.5, 0.6) is 0 Å². The Morgan fingerprint density at radius 2 is 1.92 bits per heavy atom. The van der Waals surface area contributed by atoms with E-state index in [0.717, 1.165) is 36.4 Å². The molecule has 10 heteroatoms. The van der Waals surface area contributed by atoms with Crippen molar-refractivity contribution in [3.8, 4) is 0 Å². The van der Waals surface area contributed by atoms with Crippen LogP contribution in [0.15, 0.2) is 55.1 Å². The van der Waals surface area contributed by atoms with Gasteiger partial charge in [0.15, 0.2) is 5.65 Å². The lowest BCUT2D eigenvalue weighted by molar-refractivity contribution is -0.134. The van der Waals surface area contributed by atoms with E-state index in [4.69, 9.17) is 0 Å². The Balaban J connectivity index is 1.16. The summed E-state index contributed by atoms with van der Waals surface area (Å²) in [5.74, 6) is 0.0749. The van der Waals surface area contributed by atoms with E-state index in [0.29, 0.717) is 25.3 Å². The van der Waals surface area contributed by atoms with E-state index >= 15 is 0 Å². The highest BCUT2D eigenvalue weighted by molar-refractivity contribution is 5.92. The quantitative estimate of drug-likeness (QED) is 0.428. The summed E-state index contributed by atoms with van der Waals surface area (Å²) in [5.41, 5.74) is 5.76. The zero-order valence-corrected chi connectivity index (χ0v) is 21.1. The van der Waals surface area contributed by atoms with Gasteiger partial charge in [0, 0.05) is 63.9 Å². The van der Waals surface area contributed by atoms with Crippen LogP contribution < -0.4 is 4.90 Å². The number of imidazole rings is 1. The normalized spacial score (nSPS) is 17.8. The number of nitrogens with zero attached hydrogens (tertiary/aromatic N) is 8. The Morgan fingerprint density at radius 1 is 1.03 bits per heavy atom. The Hall–Kier alpha value is -4.21. The standard InChI is InChI=1S/C27H30N8O2/c1-19-15-32(13-14-35(19)25(36)17-34-18-29-22-6-4-10-28-26(22)34)23-7-3-5-20-9-12-33(16-21(20)23)27(37)24-8-11-30-31(24)2/h3-8,10-11,18-19H,9,12-17H2,1-2H3. The Labute approximate surface area is 215 Å². The molecule has 2 aliphatic rings. The Bertz CT molecular complexity index is 1470. The summed E-state index contributed by atoms with van der Waals surface area (Å²) in [5, 5.41) is 4.16. The number of pyridine rings is 1. The second-order valence-corrected chi connectivity index (χ2v) is 9.83. The van der Waals surface area contributed by atoms with Gasteiger partial charge in [0.25, 0.3) is 5.91 Å². The predicted octanol–water partition coefficient (Wildman–Crippen LogP) is 2.10. The minimum atomic E-state index is 0.00533. The van der Waals surface area contributed by atoms with E-state index in [9.17, 15) is 9.59 Å². The summed E-state index contributed by atoms with van der Waals surface area (Å²) in [6, 6.07) is 12.0. The third-order valence-electron chi connectivity index (χ3n) is 7.54. The van der Waals surface area contributed by atoms with Gasteiger partial charge in [-0.15, -0.1) is 0 Å². The van der Waals surface area contributed by atoms with Crippen LogP contribution in [0, 0.1) is 0 Å². The average molecular weight is 499 g/mol. The van der Waals surface area contributed by atoms with Gasteiger partial charge in [0.2, 0.25) is 5.91 Å². The molecule has 2 aliphatic heterocycles. The topological polar surface area (TPSA) is 92.4 Å². The number of amides is 2. The summed E-state index contributed by atoms with van der Waals surface area (Å²) in [6.45, 7) is 5.71. The fourth-order valence-corrected chi connectivity index (χ4v) is 5.57. The minimum absolute atomic E-state index is 0.00533.